The molecule has 0 saturated carbocycles. The van der Waals surface area contributed by atoms with Gasteiger partial charge in [0, 0.05) is 23.4 Å². The first kappa shape index (κ1) is 22.3. The zero-order chi connectivity index (χ0) is 22.9. The molecule has 170 valence electrons. The number of benzene rings is 2. The number of nitrogens with zero attached hydrogens (tertiary/aromatic N) is 3. The first-order valence-corrected chi connectivity index (χ1v) is 10.7. The van der Waals surface area contributed by atoms with E-state index in [1.165, 1.54) is 19.4 Å². The van der Waals surface area contributed by atoms with Crippen molar-refractivity contribution in [2.75, 3.05) is 25.5 Å². The Kier molecular flexibility index (Phi) is 6.24. The third kappa shape index (κ3) is 4.65. The van der Waals surface area contributed by atoms with E-state index < -0.39 is 11.7 Å². The summed E-state index contributed by atoms with van der Waals surface area (Å²) in [5, 5.41) is 13.4. The van der Waals surface area contributed by atoms with Gasteiger partial charge in [-0.2, -0.15) is 18.3 Å². The number of aryl methyl sites for hydroxylation is 1. The maximum Gasteiger partial charge on any atom is 0.416 e. The normalized spacial score (nSPS) is 17.1. The monoisotopic (exact) mass is 444 g/mol. The summed E-state index contributed by atoms with van der Waals surface area (Å²) >= 11 is 0. The van der Waals surface area contributed by atoms with Crippen LogP contribution >= 0.6 is 0 Å². The number of likely N-dealkylation sites (tertiary alicyclic amines) is 1. The summed E-state index contributed by atoms with van der Waals surface area (Å²) in [5.74, 6) is 1.26. The van der Waals surface area contributed by atoms with Crippen molar-refractivity contribution in [3.8, 4) is 5.75 Å². The maximum absolute atomic E-state index is 13.2. The van der Waals surface area contributed by atoms with Crippen molar-refractivity contribution in [1.29, 1.82) is 0 Å². The number of fused-ring (bicyclic) bond motifs is 1. The Hall–Kier alpha value is -2.87. The predicted octanol–water partition coefficient (Wildman–Crippen LogP) is 5.35. The minimum absolute atomic E-state index is 0.209. The molecule has 1 aliphatic rings. The highest BCUT2D eigenvalue weighted by Gasteiger charge is 2.32. The summed E-state index contributed by atoms with van der Waals surface area (Å²) in [6.45, 7) is 5.28. The van der Waals surface area contributed by atoms with Crippen LogP contribution in [0.25, 0.3) is 10.8 Å². The number of ether oxygens (including phenoxy) is 1. The molecule has 1 N–H and O–H groups in total. The highest BCUT2D eigenvalue weighted by atomic mass is 19.4. The van der Waals surface area contributed by atoms with E-state index in [9.17, 15) is 13.2 Å². The Bertz CT molecular complexity index is 1120. The van der Waals surface area contributed by atoms with Gasteiger partial charge in [-0.25, -0.2) is 0 Å². The van der Waals surface area contributed by atoms with Crippen molar-refractivity contribution in [3.05, 3.63) is 58.8 Å². The third-order valence-corrected chi connectivity index (χ3v) is 6.25. The lowest BCUT2D eigenvalue weighted by Gasteiger charge is -2.20. The molecule has 3 aromatic rings. The van der Waals surface area contributed by atoms with E-state index in [2.05, 4.69) is 27.5 Å². The van der Waals surface area contributed by atoms with Crippen LogP contribution in [-0.2, 0) is 12.7 Å². The van der Waals surface area contributed by atoms with E-state index in [1.54, 1.807) is 6.07 Å². The van der Waals surface area contributed by atoms with Gasteiger partial charge in [0.25, 0.3) is 0 Å². The van der Waals surface area contributed by atoms with Crippen LogP contribution in [0.2, 0.25) is 0 Å². The van der Waals surface area contributed by atoms with Crippen LogP contribution in [0, 0.1) is 13.8 Å². The topological polar surface area (TPSA) is 50.3 Å². The predicted molar refractivity (Wildman–Crippen MR) is 119 cm³/mol. The molecule has 32 heavy (non-hydrogen) atoms. The highest BCUT2D eigenvalue weighted by Crippen LogP contribution is 2.33. The Morgan fingerprint density at radius 1 is 1.12 bits per heavy atom. The van der Waals surface area contributed by atoms with Gasteiger partial charge in [-0.3, -0.25) is 0 Å². The van der Waals surface area contributed by atoms with Crippen LogP contribution in [0.5, 0.6) is 5.75 Å². The molecule has 1 saturated heterocycles. The van der Waals surface area contributed by atoms with E-state index in [4.69, 9.17) is 4.74 Å². The Morgan fingerprint density at radius 2 is 1.94 bits per heavy atom. The Labute approximate surface area is 185 Å². The number of hydrogen-bond donors (Lipinski definition) is 1. The number of alkyl halides is 3. The molecule has 0 bridgehead atoms. The fourth-order valence-corrected chi connectivity index (χ4v) is 4.23. The van der Waals surface area contributed by atoms with Crippen molar-refractivity contribution >= 4 is 16.6 Å². The quantitative estimate of drug-likeness (QED) is 0.555. The fourth-order valence-electron chi connectivity index (χ4n) is 4.23. The molecule has 5 nitrogen and oxygen atoms in total. The first-order valence-electron chi connectivity index (χ1n) is 10.7. The molecule has 2 heterocycles. The Morgan fingerprint density at radius 3 is 2.66 bits per heavy atom. The Balaban J connectivity index is 1.57. The van der Waals surface area contributed by atoms with Gasteiger partial charge < -0.3 is 15.0 Å². The molecule has 4 rings (SSSR count). The van der Waals surface area contributed by atoms with Crippen LogP contribution in [0.4, 0.5) is 19.0 Å². The minimum Gasteiger partial charge on any atom is -0.492 e. The standard InChI is InChI=1S/C24H27F3N4O/c1-15-17(6-4-8-22(15)24(25,26)27)13-28-23-21-12-19(9-10-20(21)16(2)29-30-23)32-14-18-7-5-11-31(18)3/h4,6,8-10,12,18H,5,7,11,13-14H2,1-3H3,(H,28,30)/t18-/m0/s1. The van der Waals surface area contributed by atoms with Crippen molar-refractivity contribution in [2.24, 2.45) is 0 Å². The smallest absolute Gasteiger partial charge is 0.416 e. The zero-order valence-electron chi connectivity index (χ0n) is 18.5. The lowest BCUT2D eigenvalue weighted by Crippen LogP contribution is -2.30. The van der Waals surface area contributed by atoms with Gasteiger partial charge >= 0.3 is 6.18 Å². The van der Waals surface area contributed by atoms with Crippen LogP contribution < -0.4 is 10.1 Å². The van der Waals surface area contributed by atoms with Crippen LogP contribution in [0.15, 0.2) is 36.4 Å². The number of anilines is 1. The summed E-state index contributed by atoms with van der Waals surface area (Å²) in [6.07, 6.45) is -2.08. The molecule has 1 aromatic heterocycles. The number of halogens is 3. The summed E-state index contributed by atoms with van der Waals surface area (Å²) in [4.78, 5) is 2.31. The number of rotatable bonds is 6. The summed E-state index contributed by atoms with van der Waals surface area (Å²) in [5.41, 5.74) is 0.931. The van der Waals surface area contributed by atoms with Gasteiger partial charge in [0.15, 0.2) is 5.82 Å². The largest absolute Gasteiger partial charge is 0.492 e. The molecular weight excluding hydrogens is 417 g/mol. The molecular formula is C24H27F3N4O. The molecule has 0 spiro atoms. The summed E-state index contributed by atoms with van der Waals surface area (Å²) in [6, 6.07) is 10.4. The molecule has 0 amide bonds. The second-order valence-electron chi connectivity index (χ2n) is 8.37. The van der Waals surface area contributed by atoms with Crippen molar-refractivity contribution in [3.63, 3.8) is 0 Å². The van der Waals surface area contributed by atoms with Crippen LogP contribution in [0.1, 0.15) is 35.2 Å². The van der Waals surface area contributed by atoms with Gasteiger partial charge in [0.05, 0.1) is 11.3 Å². The molecule has 8 heteroatoms. The van der Waals surface area contributed by atoms with E-state index in [1.807, 2.05) is 25.1 Å². The minimum atomic E-state index is -4.38. The van der Waals surface area contributed by atoms with Crippen molar-refractivity contribution in [2.45, 2.75) is 45.5 Å². The van der Waals surface area contributed by atoms with Gasteiger partial charge in [-0.1, -0.05) is 12.1 Å². The van der Waals surface area contributed by atoms with Crippen LogP contribution in [0.3, 0.4) is 0 Å². The van der Waals surface area contributed by atoms with Gasteiger partial charge in [0.2, 0.25) is 0 Å². The highest BCUT2D eigenvalue weighted by molar-refractivity contribution is 5.94. The van der Waals surface area contributed by atoms with Crippen LogP contribution in [-0.4, -0.2) is 41.3 Å². The molecule has 2 aromatic carbocycles. The molecule has 0 aliphatic carbocycles. The number of hydrogen-bond acceptors (Lipinski definition) is 5. The van der Waals surface area contributed by atoms with Crippen molar-refractivity contribution in [1.82, 2.24) is 15.1 Å². The lowest BCUT2D eigenvalue weighted by molar-refractivity contribution is -0.138. The molecule has 0 radical (unpaired) electrons. The second-order valence-corrected chi connectivity index (χ2v) is 8.37. The third-order valence-electron chi connectivity index (χ3n) is 6.25. The number of aromatic nitrogens is 2. The van der Waals surface area contributed by atoms with E-state index in [0.29, 0.717) is 24.0 Å². The number of nitrogens with one attached hydrogen (secondary N) is 1. The maximum atomic E-state index is 13.2. The lowest BCUT2D eigenvalue weighted by atomic mass is 10.0. The molecule has 1 fully saturated rings. The van der Waals surface area contributed by atoms with Gasteiger partial charge in [0.1, 0.15) is 12.4 Å². The average Bonchev–Trinajstić information content (AvgIpc) is 3.16. The summed E-state index contributed by atoms with van der Waals surface area (Å²) < 4.78 is 45.8. The van der Waals surface area contributed by atoms with Gasteiger partial charge in [-0.15, -0.1) is 5.10 Å². The average molecular weight is 445 g/mol. The molecule has 0 unspecified atom stereocenters. The van der Waals surface area contributed by atoms with E-state index >= 15 is 0 Å². The molecule has 1 atom stereocenters. The first-order chi connectivity index (χ1) is 15.2. The summed E-state index contributed by atoms with van der Waals surface area (Å²) in [7, 11) is 2.11. The van der Waals surface area contributed by atoms with Crippen molar-refractivity contribution < 1.29 is 17.9 Å². The van der Waals surface area contributed by atoms with E-state index in [-0.39, 0.29) is 12.1 Å². The molecule has 1 aliphatic heterocycles. The fraction of sp³-hybridized carbons (Fsp3) is 0.417. The SMILES string of the molecule is Cc1c(CNc2nnc(C)c3ccc(OC[C@@H]4CCCN4C)cc23)cccc1C(F)(F)F. The zero-order valence-corrected chi connectivity index (χ0v) is 18.5. The number of likely N-dealkylation sites (N-methyl/N-ethyl adjacent to an activating group) is 1. The second kappa shape index (κ2) is 8.94. The van der Waals surface area contributed by atoms with E-state index in [0.717, 1.165) is 41.2 Å². The van der Waals surface area contributed by atoms with Gasteiger partial charge in [-0.05, 0) is 75.7 Å².